The molecule has 3 atom stereocenters. The third-order valence-electron chi connectivity index (χ3n) is 9.61. The fraction of sp³-hybridized carbons (Fsp3) is 0.447. The molecule has 2 heterocycles. The van der Waals surface area contributed by atoms with Gasteiger partial charge in [0.15, 0.2) is 6.61 Å². The van der Waals surface area contributed by atoms with Crippen molar-refractivity contribution in [2.24, 2.45) is 0 Å². The number of aliphatic hydroxyl groups is 1. The number of aliphatic hydroxyl groups excluding tert-OH is 1. The van der Waals surface area contributed by atoms with Crippen molar-refractivity contribution in [1.29, 1.82) is 0 Å². The average Bonchev–Trinajstić information content (AvgIpc) is 3.51. The number of carboxylic acid groups (broad SMARTS) is 1. The molecule has 0 bridgehead atoms. The van der Waals surface area contributed by atoms with E-state index in [4.69, 9.17) is 4.74 Å². The van der Waals surface area contributed by atoms with E-state index in [0.29, 0.717) is 35.5 Å². The summed E-state index contributed by atoms with van der Waals surface area (Å²) in [7, 11) is -4.07. The maximum atomic E-state index is 14.3. The van der Waals surface area contributed by atoms with E-state index < -0.39 is 58.1 Å². The molecule has 1 fully saturated rings. The van der Waals surface area contributed by atoms with Crippen LogP contribution in [0.1, 0.15) is 70.4 Å². The first-order chi connectivity index (χ1) is 24.9. The number of carboxylic acids is 1. The van der Waals surface area contributed by atoms with Crippen molar-refractivity contribution in [3.05, 3.63) is 78.4 Å². The van der Waals surface area contributed by atoms with Crippen LogP contribution in [-0.2, 0) is 24.4 Å². The van der Waals surface area contributed by atoms with Gasteiger partial charge in [0.25, 0.3) is 11.8 Å². The van der Waals surface area contributed by atoms with Crippen molar-refractivity contribution in [3.63, 3.8) is 0 Å². The van der Waals surface area contributed by atoms with E-state index in [-0.39, 0.29) is 23.6 Å². The molecule has 14 heteroatoms. The third-order valence-corrected chi connectivity index (χ3v) is 12.0. The van der Waals surface area contributed by atoms with Crippen LogP contribution in [0.15, 0.2) is 82.6 Å². The number of β-amino-alcohol motifs (C(OH)–C–C–N with tert-alkyl or cyclic N) is 1. The Morgan fingerprint density at radius 1 is 1.02 bits per heavy atom. The summed E-state index contributed by atoms with van der Waals surface area (Å²) in [4.78, 5) is 42.9. The number of hydrogen-bond acceptors (Lipinski definition) is 9. The molecule has 2 aliphatic heterocycles. The summed E-state index contributed by atoms with van der Waals surface area (Å²) < 4.78 is 37.8. The van der Waals surface area contributed by atoms with Crippen molar-refractivity contribution < 1.29 is 37.8 Å². The van der Waals surface area contributed by atoms with Gasteiger partial charge in [-0.15, -0.1) is 11.8 Å². The monoisotopic (exact) mass is 752 g/mol. The number of aliphatic carboxylic acids is 1. The minimum atomic E-state index is -4.07. The summed E-state index contributed by atoms with van der Waals surface area (Å²) in [5, 5.41) is 22.6. The number of para-hydroxylation sites is 1. The highest BCUT2D eigenvalue weighted by atomic mass is 32.2. The molecular weight excluding hydrogens is 705 g/mol. The van der Waals surface area contributed by atoms with Gasteiger partial charge < -0.3 is 30.1 Å². The molecule has 5 rings (SSSR count). The summed E-state index contributed by atoms with van der Waals surface area (Å²) >= 11 is 1.35. The van der Waals surface area contributed by atoms with Crippen LogP contribution in [0.4, 0.5) is 11.4 Å². The number of thioether (sulfide) groups is 1. The second-order valence-electron chi connectivity index (χ2n) is 13.4. The van der Waals surface area contributed by atoms with Crippen molar-refractivity contribution in [3.8, 4) is 5.75 Å². The first kappa shape index (κ1) is 39.1. The molecule has 0 aromatic heterocycles. The molecule has 0 spiro atoms. The van der Waals surface area contributed by atoms with Gasteiger partial charge in [0, 0.05) is 31.3 Å². The van der Waals surface area contributed by atoms with Gasteiger partial charge in [-0.2, -0.15) is 0 Å². The number of ether oxygens (including phenoxy) is 1. The molecule has 0 radical (unpaired) electrons. The quantitative estimate of drug-likeness (QED) is 0.151. The zero-order chi connectivity index (χ0) is 37.5. The molecule has 280 valence electrons. The first-order valence-electron chi connectivity index (χ1n) is 17.7. The molecule has 3 aromatic carbocycles. The standard InChI is InChI=1S/C38H48N4O8S2/c1-4-6-18-38(19-7-5-2)25-42(27-16-12-9-13-17-27)29-21-32(51-3)31(22-33(29)52(48,49)40-38)50-24-34(44)39-35(26-14-10-8-11-15-26)36(45)41-23-28(43)20-30(41)37(46)47/h8-17,21-22,28,30,35,40,43H,4-7,18-20,23-25H2,1-3H3,(H,39,44)(H,46,47)/t28?,30?,35-/m1/s1. The first-order valence-corrected chi connectivity index (χ1v) is 20.4. The Bertz CT molecular complexity index is 1820. The predicted molar refractivity (Wildman–Crippen MR) is 200 cm³/mol. The van der Waals surface area contributed by atoms with E-state index in [0.717, 1.165) is 36.3 Å². The van der Waals surface area contributed by atoms with E-state index in [2.05, 4.69) is 28.8 Å². The van der Waals surface area contributed by atoms with E-state index in [9.17, 15) is 33.0 Å². The molecule has 4 N–H and O–H groups in total. The second-order valence-corrected chi connectivity index (χ2v) is 15.9. The van der Waals surface area contributed by atoms with Gasteiger partial charge in [0.05, 0.1) is 22.2 Å². The Morgan fingerprint density at radius 3 is 2.25 bits per heavy atom. The molecule has 0 aliphatic carbocycles. The van der Waals surface area contributed by atoms with Crippen LogP contribution in [0.2, 0.25) is 0 Å². The van der Waals surface area contributed by atoms with E-state index >= 15 is 0 Å². The molecular formula is C38H48N4O8S2. The van der Waals surface area contributed by atoms with Gasteiger partial charge in [0.2, 0.25) is 10.0 Å². The zero-order valence-electron chi connectivity index (χ0n) is 29.8. The normalized spacial score (nSPS) is 19.7. The summed E-state index contributed by atoms with van der Waals surface area (Å²) in [6.45, 7) is 3.88. The molecule has 0 saturated carbocycles. The summed E-state index contributed by atoms with van der Waals surface area (Å²) in [5.74, 6) is -2.42. The van der Waals surface area contributed by atoms with Crippen LogP contribution >= 0.6 is 11.8 Å². The fourth-order valence-corrected chi connectivity index (χ4v) is 9.18. The number of sulfonamides is 1. The number of carbonyl (C=O) groups is 3. The molecule has 2 unspecified atom stereocenters. The lowest BCUT2D eigenvalue weighted by Gasteiger charge is -2.37. The number of unbranched alkanes of at least 4 members (excludes halogenated alkanes) is 2. The van der Waals surface area contributed by atoms with E-state index in [1.165, 1.54) is 17.8 Å². The Morgan fingerprint density at radius 2 is 1.65 bits per heavy atom. The number of amides is 2. The van der Waals surface area contributed by atoms with Crippen LogP contribution in [0, 0.1) is 0 Å². The number of nitrogens with one attached hydrogen (secondary N) is 2. The number of anilines is 2. The van der Waals surface area contributed by atoms with Crippen LogP contribution in [0.3, 0.4) is 0 Å². The number of nitrogens with zero attached hydrogens (tertiary/aromatic N) is 2. The Balaban J connectivity index is 1.46. The SMILES string of the molecule is CCCCC1(CCCC)CN(c2ccccc2)c2cc(SC)c(OCC(=O)N[C@@H](C(=O)N3CC(O)CC3C(=O)O)c3ccccc3)cc2S(=O)(=O)N1. The summed E-state index contributed by atoms with van der Waals surface area (Å²) in [6.07, 6.45) is 5.60. The van der Waals surface area contributed by atoms with Crippen molar-refractivity contribution in [2.75, 3.05) is 30.9 Å². The van der Waals surface area contributed by atoms with Crippen LogP contribution < -0.4 is 19.7 Å². The van der Waals surface area contributed by atoms with Crippen LogP contribution in [0.25, 0.3) is 0 Å². The molecule has 2 amide bonds. The zero-order valence-corrected chi connectivity index (χ0v) is 31.4. The molecule has 52 heavy (non-hydrogen) atoms. The highest BCUT2D eigenvalue weighted by molar-refractivity contribution is 7.98. The third kappa shape index (κ3) is 8.91. The maximum Gasteiger partial charge on any atom is 0.326 e. The van der Waals surface area contributed by atoms with E-state index in [1.54, 1.807) is 36.4 Å². The Labute approximate surface area is 310 Å². The van der Waals surface area contributed by atoms with Crippen molar-refractivity contribution in [2.45, 2.75) is 92.3 Å². The lowest BCUT2D eigenvalue weighted by molar-refractivity contribution is -0.149. The number of carbonyl (C=O) groups excluding carboxylic acids is 2. The Kier molecular flexibility index (Phi) is 12.9. The van der Waals surface area contributed by atoms with Gasteiger partial charge in [-0.3, -0.25) is 9.59 Å². The minimum absolute atomic E-state index is 0.0316. The lowest BCUT2D eigenvalue weighted by atomic mass is 9.87. The Hall–Kier alpha value is -4.11. The number of likely N-dealkylation sites (tertiary alicyclic amines) is 1. The molecule has 12 nitrogen and oxygen atoms in total. The van der Waals surface area contributed by atoms with Gasteiger partial charge in [-0.1, -0.05) is 88.1 Å². The highest BCUT2D eigenvalue weighted by Gasteiger charge is 2.43. The smallest absolute Gasteiger partial charge is 0.326 e. The molecule has 1 saturated heterocycles. The minimum Gasteiger partial charge on any atom is -0.483 e. The van der Waals surface area contributed by atoms with Crippen LogP contribution in [0.5, 0.6) is 5.75 Å². The van der Waals surface area contributed by atoms with Crippen LogP contribution in [-0.4, -0.2) is 85.0 Å². The van der Waals surface area contributed by atoms with Gasteiger partial charge in [-0.25, -0.2) is 17.9 Å². The largest absolute Gasteiger partial charge is 0.483 e. The molecule has 2 aliphatic rings. The topological polar surface area (TPSA) is 166 Å². The number of benzene rings is 3. The number of rotatable bonds is 15. The van der Waals surface area contributed by atoms with Gasteiger partial charge in [0.1, 0.15) is 22.7 Å². The van der Waals surface area contributed by atoms with Gasteiger partial charge >= 0.3 is 5.97 Å². The second kappa shape index (κ2) is 17.1. The van der Waals surface area contributed by atoms with Crippen molar-refractivity contribution in [1.82, 2.24) is 14.9 Å². The van der Waals surface area contributed by atoms with Crippen molar-refractivity contribution >= 4 is 50.9 Å². The summed E-state index contributed by atoms with van der Waals surface area (Å²) in [6, 6.07) is 18.9. The number of hydrogen-bond donors (Lipinski definition) is 4. The number of fused-ring (bicyclic) bond motifs is 1. The highest BCUT2D eigenvalue weighted by Crippen LogP contribution is 2.44. The van der Waals surface area contributed by atoms with E-state index in [1.807, 2.05) is 36.6 Å². The lowest BCUT2D eigenvalue weighted by Crippen LogP contribution is -2.53. The van der Waals surface area contributed by atoms with Gasteiger partial charge in [-0.05, 0) is 42.9 Å². The predicted octanol–water partition coefficient (Wildman–Crippen LogP) is 5.24. The average molecular weight is 753 g/mol. The fourth-order valence-electron chi connectivity index (χ4n) is 6.98. The molecule has 3 aromatic rings. The maximum absolute atomic E-state index is 14.3. The summed E-state index contributed by atoms with van der Waals surface area (Å²) in [5.41, 5.74) is 1.07.